The predicted molar refractivity (Wildman–Crippen MR) is 433 cm³/mol. The molecule has 0 bridgehead atoms. The average Bonchev–Trinajstić information content (AvgIpc) is 0.854. The van der Waals surface area contributed by atoms with Gasteiger partial charge in [-0.1, -0.05) is 125 Å². The van der Waals surface area contributed by atoms with Crippen molar-refractivity contribution in [3.63, 3.8) is 0 Å². The number of unbranched alkanes of at least 4 members (excludes halogenated alkanes) is 2. The number of guanidine groups is 2. The van der Waals surface area contributed by atoms with Gasteiger partial charge in [-0.25, -0.2) is 0 Å². The van der Waals surface area contributed by atoms with Crippen molar-refractivity contribution in [2.45, 2.75) is 217 Å². The minimum atomic E-state index is -1.60. The molecule has 0 aliphatic rings. The third-order valence-electron chi connectivity index (χ3n) is 18.4. The summed E-state index contributed by atoms with van der Waals surface area (Å²) >= 11 is 0. The Kier molecular flexibility index (Phi) is 45.1. The van der Waals surface area contributed by atoms with Gasteiger partial charge in [0.15, 0.2) is 11.9 Å². The Morgan fingerprint density at radius 1 is 0.353 bits per heavy atom. The third-order valence-corrected chi connectivity index (χ3v) is 18.4. The lowest BCUT2D eigenvalue weighted by Gasteiger charge is -2.29. The Bertz CT molecular complexity index is 3730. The highest BCUT2D eigenvalue weighted by Gasteiger charge is 2.38. The van der Waals surface area contributed by atoms with Gasteiger partial charge in [0, 0.05) is 25.9 Å². The van der Waals surface area contributed by atoms with Crippen LogP contribution in [0.3, 0.4) is 0 Å². The van der Waals surface area contributed by atoms with Crippen LogP contribution in [0.2, 0.25) is 0 Å². The molecule has 0 aliphatic carbocycles. The lowest BCUT2D eigenvalue weighted by molar-refractivity contribution is -0.136. The van der Waals surface area contributed by atoms with Crippen LogP contribution in [0.4, 0.5) is 0 Å². The van der Waals surface area contributed by atoms with Crippen LogP contribution in [-0.2, 0) is 91.2 Å². The molecule has 3 aromatic rings. The van der Waals surface area contributed by atoms with Gasteiger partial charge in [0.2, 0.25) is 88.6 Å². The lowest BCUT2D eigenvalue weighted by Crippen LogP contribution is -2.60. The first-order valence-corrected chi connectivity index (χ1v) is 38.9. The molecule has 0 aromatic heterocycles. The van der Waals surface area contributed by atoms with Crippen LogP contribution >= 0.6 is 0 Å². The lowest BCUT2D eigenvalue weighted by atomic mass is 9.96. The minimum absolute atomic E-state index is 0.00920. The number of hydrogen-bond acceptors (Lipinski definition) is 20. The molecule has 0 unspecified atom stereocenters. The monoisotopic (exact) mass is 1620 g/mol. The third kappa shape index (κ3) is 38.8. The molecule has 31 N–H and O–H groups in total. The molecule has 116 heavy (non-hydrogen) atoms. The summed E-state index contributed by atoms with van der Waals surface area (Å²) < 4.78 is 0. The van der Waals surface area contributed by atoms with Crippen LogP contribution in [0.1, 0.15) is 142 Å². The number of nitrogens with two attached hydrogens (primary N) is 7. The highest BCUT2D eigenvalue weighted by atomic mass is 16.2. The Morgan fingerprint density at radius 3 is 1.16 bits per heavy atom. The van der Waals surface area contributed by atoms with E-state index >= 15 is 0 Å². The zero-order valence-corrected chi connectivity index (χ0v) is 67.0. The summed E-state index contributed by atoms with van der Waals surface area (Å²) in [7, 11) is 0. The predicted octanol–water partition coefficient (Wildman–Crippen LogP) is -5.12. The van der Waals surface area contributed by atoms with Crippen molar-refractivity contribution in [3.8, 4) is 0 Å². The van der Waals surface area contributed by atoms with Gasteiger partial charge >= 0.3 is 0 Å². The summed E-state index contributed by atoms with van der Waals surface area (Å²) in [5, 5.41) is 54.2. The maximum absolute atomic E-state index is 14.6. The van der Waals surface area contributed by atoms with E-state index in [0.29, 0.717) is 43.2 Å². The van der Waals surface area contributed by atoms with E-state index < -0.39 is 187 Å². The fourth-order valence-corrected chi connectivity index (χ4v) is 11.8. The van der Waals surface area contributed by atoms with Crippen molar-refractivity contribution in [2.75, 3.05) is 39.3 Å². The first-order chi connectivity index (χ1) is 55.0. The average molecular weight is 1620 g/mol. The number of hydrogen-bond donors (Lipinski definition) is 24. The maximum atomic E-state index is 14.6. The quantitative estimate of drug-likeness (QED) is 0.0143. The van der Waals surface area contributed by atoms with Crippen molar-refractivity contribution < 1.29 is 71.9 Å². The van der Waals surface area contributed by atoms with Gasteiger partial charge in [0.05, 0.1) is 25.6 Å². The van der Waals surface area contributed by atoms with Crippen LogP contribution in [0.15, 0.2) is 91.0 Å². The first-order valence-electron chi connectivity index (χ1n) is 38.9. The zero-order valence-electron chi connectivity index (χ0n) is 67.0. The number of rotatable bonds is 55. The van der Waals surface area contributed by atoms with E-state index in [1.54, 1.807) is 119 Å². The first kappa shape index (κ1) is 98.3. The summed E-state index contributed by atoms with van der Waals surface area (Å²) in [6.07, 6.45) is 1.08. The van der Waals surface area contributed by atoms with Crippen LogP contribution in [0.25, 0.3) is 0 Å². The van der Waals surface area contributed by atoms with Gasteiger partial charge in [-0.15, -0.1) is 0 Å². The van der Waals surface area contributed by atoms with Gasteiger partial charge in [0.25, 0.3) is 0 Å². The maximum Gasteiger partial charge on any atom is 0.243 e. The van der Waals surface area contributed by atoms with Crippen molar-refractivity contribution in [2.24, 2.45) is 52.0 Å². The SMILES string of the molecule is CC[C@H](C)[C@H](NC(=O)[C@H](CCCCN)NC(=O)[C@H](C)NC(=O)CNC(=O)[C@H](C)NC(=O)[C@H](CCCCN)NC(=O)[C@H](CC(C)C)NC(=O)[C@H](CCCNC(=N)N)NC(=O)[C@H](Cc1ccccc1)NC(=O)[C@H](CC(N)=O)NC(=O)[C@@H](N)Cc1ccccc1)C(=O)N[C@@H](CCCNC(=N)N)C(=O)N[C@@H](Cc1ccccc1)C(=O)NCC(N)=O. The smallest absolute Gasteiger partial charge is 0.243 e. The Balaban J connectivity index is 1.79. The van der Waals surface area contributed by atoms with E-state index in [0.717, 1.165) is 5.56 Å². The van der Waals surface area contributed by atoms with E-state index in [9.17, 15) is 71.9 Å². The van der Waals surface area contributed by atoms with Crippen molar-refractivity contribution in [1.82, 2.24) is 79.8 Å². The van der Waals surface area contributed by atoms with E-state index in [2.05, 4.69) is 79.8 Å². The fraction of sp³-hybridized carbons (Fsp3) is 0.545. The molecule has 39 heteroatoms. The molecule has 39 nitrogen and oxygen atoms in total. The number of amides is 15. The van der Waals surface area contributed by atoms with Crippen LogP contribution in [0.5, 0.6) is 0 Å². The summed E-state index contributed by atoms with van der Waals surface area (Å²) in [5.41, 5.74) is 41.6. The molecule has 640 valence electrons. The molecule has 0 radical (unpaired) electrons. The summed E-state index contributed by atoms with van der Waals surface area (Å²) in [6.45, 7) is 8.93. The van der Waals surface area contributed by atoms with Gasteiger partial charge < -0.3 is 120 Å². The summed E-state index contributed by atoms with van der Waals surface area (Å²) in [5.74, 6) is -14.4. The molecule has 15 amide bonds. The molecular formula is C77H122N24O15. The molecule has 3 rings (SSSR count). The highest BCUT2D eigenvalue weighted by Crippen LogP contribution is 2.16. The van der Waals surface area contributed by atoms with Crippen LogP contribution in [0, 0.1) is 22.7 Å². The molecule has 0 spiro atoms. The number of carbonyl (C=O) groups excluding carboxylic acids is 15. The van der Waals surface area contributed by atoms with Crippen LogP contribution < -0.4 is 120 Å². The van der Waals surface area contributed by atoms with Crippen molar-refractivity contribution in [1.29, 1.82) is 10.8 Å². The van der Waals surface area contributed by atoms with Gasteiger partial charge in [-0.3, -0.25) is 82.7 Å². The molecule has 0 heterocycles. The summed E-state index contributed by atoms with van der Waals surface area (Å²) in [4.78, 5) is 207. The summed E-state index contributed by atoms with van der Waals surface area (Å²) in [6, 6.07) is 9.59. The number of nitrogens with one attached hydrogen (secondary N) is 17. The molecule has 3 aromatic carbocycles. The molecule has 13 atom stereocenters. The second-order valence-electron chi connectivity index (χ2n) is 28.8. The second kappa shape index (κ2) is 53.3. The standard InChI is InChI=1S/C77H122N24O15/c1-7-45(4)63(75(116)96-55(32-22-36-88-77(85)86)70(111)99-57(67(108)89-42-61(82)103)39-49-25-13-9-14-26-49)101-71(112)53(30-18-20-34-79)93-65(106)47(6)91-62(104)43-90-64(105)46(5)92-68(109)52(29-17-19-33-78)94-72(113)56(37-44(2)3)98-69(110)54(31-21-35-87-76(83)84)95-73(114)58(40-50-27-15-10-16-28-50)100-74(115)59(41-60(81)102)97-66(107)51(80)38-48-23-11-8-12-24-48/h8-16,23-28,44-47,51-59,63H,7,17-22,29-43,78-80H2,1-6H3,(H2,81,102)(H2,82,103)(H,89,108)(H,90,105)(H,91,104)(H,92,109)(H,93,106)(H,94,113)(H,95,114)(H,96,116)(H,97,107)(H,98,110)(H,99,111)(H,100,115)(H,101,112)(H4,83,84,87)(H4,85,86,88)/t45-,46-,47-,51-,52-,53-,54-,55-,56-,57-,58-,59-,63-/m0/s1. The molecule has 0 fully saturated rings. The van der Waals surface area contributed by atoms with Crippen molar-refractivity contribution >= 4 is 101 Å². The van der Waals surface area contributed by atoms with E-state index in [-0.39, 0.29) is 108 Å². The molecular weight excluding hydrogens is 1500 g/mol. The Morgan fingerprint density at radius 2 is 0.716 bits per heavy atom. The number of primary amides is 2. The van der Waals surface area contributed by atoms with Gasteiger partial charge in [-0.2, -0.15) is 0 Å². The fourth-order valence-electron chi connectivity index (χ4n) is 11.8. The Hall–Kier alpha value is -11.9. The number of carbonyl (C=O) groups is 15. The van der Waals surface area contributed by atoms with Crippen molar-refractivity contribution in [3.05, 3.63) is 108 Å². The van der Waals surface area contributed by atoms with Gasteiger partial charge in [0.1, 0.15) is 66.5 Å². The van der Waals surface area contributed by atoms with Crippen LogP contribution in [-0.4, -0.2) is 212 Å². The topological polar surface area (TPSA) is 666 Å². The molecule has 0 saturated heterocycles. The van der Waals surface area contributed by atoms with E-state index in [1.165, 1.54) is 13.8 Å². The highest BCUT2D eigenvalue weighted by molar-refractivity contribution is 6.00. The van der Waals surface area contributed by atoms with E-state index in [1.807, 2.05) is 0 Å². The zero-order chi connectivity index (χ0) is 86.4. The molecule has 0 saturated carbocycles. The Labute approximate surface area is 675 Å². The normalized spacial score (nSPS) is 14.3. The largest absolute Gasteiger partial charge is 0.370 e. The molecule has 0 aliphatic heterocycles. The number of benzene rings is 3. The van der Waals surface area contributed by atoms with Gasteiger partial charge in [-0.05, 0) is 133 Å². The van der Waals surface area contributed by atoms with E-state index in [4.69, 9.17) is 51.0 Å². The second-order valence-corrected chi connectivity index (χ2v) is 28.8. The minimum Gasteiger partial charge on any atom is -0.370 e.